The maximum absolute atomic E-state index is 10.3. The number of aromatic hydroxyl groups is 2. The number of phenolic OH excluding ortho intramolecular Hbond substituents is 2. The van der Waals surface area contributed by atoms with Gasteiger partial charge in [0.25, 0.3) is 0 Å². The van der Waals surface area contributed by atoms with Crippen LogP contribution < -0.4 is 9.64 Å². The van der Waals surface area contributed by atoms with E-state index in [9.17, 15) is 10.2 Å². The third kappa shape index (κ3) is 5.36. The highest BCUT2D eigenvalue weighted by molar-refractivity contribution is 5.91. The summed E-state index contributed by atoms with van der Waals surface area (Å²) < 4.78 is 5.99. The Morgan fingerprint density at radius 1 is 0.771 bits per heavy atom. The molecule has 0 aromatic heterocycles. The Kier molecular flexibility index (Phi) is 6.77. The summed E-state index contributed by atoms with van der Waals surface area (Å²) in [4.78, 5) is 4.55. The first kappa shape index (κ1) is 23.1. The topological polar surface area (TPSA) is 56.2 Å². The number of rotatable bonds is 7. The summed E-state index contributed by atoms with van der Waals surface area (Å²) in [5.41, 5.74) is 3.97. The molecular formula is C30H32N2O3. The first-order valence-corrected chi connectivity index (χ1v) is 12.3. The van der Waals surface area contributed by atoms with Crippen molar-refractivity contribution in [3.05, 3.63) is 78.9 Å². The van der Waals surface area contributed by atoms with Gasteiger partial charge in [-0.2, -0.15) is 0 Å². The molecule has 1 saturated heterocycles. The predicted octanol–water partition coefficient (Wildman–Crippen LogP) is 6.55. The predicted molar refractivity (Wildman–Crippen MR) is 143 cm³/mol. The number of anilines is 2. The number of fused-ring (bicyclic) bond motifs is 1. The normalized spacial score (nSPS) is 14.2. The molecule has 0 saturated carbocycles. The summed E-state index contributed by atoms with van der Waals surface area (Å²) in [5.74, 6) is 1.35. The Labute approximate surface area is 206 Å². The lowest BCUT2D eigenvalue weighted by atomic mass is 9.99. The zero-order valence-electron chi connectivity index (χ0n) is 20.2. The molecule has 1 aliphatic heterocycles. The molecule has 2 N–H and O–H groups in total. The number of likely N-dealkylation sites (tertiary alicyclic amines) is 1. The zero-order chi connectivity index (χ0) is 24.2. The van der Waals surface area contributed by atoms with E-state index < -0.39 is 0 Å². The summed E-state index contributed by atoms with van der Waals surface area (Å²) in [6.07, 6.45) is 3.93. The van der Waals surface area contributed by atoms with Crippen LogP contribution in [0.15, 0.2) is 78.9 Å². The Morgan fingerprint density at radius 3 is 2.26 bits per heavy atom. The van der Waals surface area contributed by atoms with Gasteiger partial charge in [-0.1, -0.05) is 24.6 Å². The maximum atomic E-state index is 10.3. The maximum Gasteiger partial charge on any atom is 0.119 e. The van der Waals surface area contributed by atoms with Crippen molar-refractivity contribution in [1.82, 2.24) is 4.90 Å². The van der Waals surface area contributed by atoms with Gasteiger partial charge in [-0.05, 0) is 96.9 Å². The van der Waals surface area contributed by atoms with E-state index in [1.807, 2.05) is 55.6 Å². The van der Waals surface area contributed by atoms with Gasteiger partial charge in [0.2, 0.25) is 0 Å². The van der Waals surface area contributed by atoms with Gasteiger partial charge in [-0.3, -0.25) is 4.90 Å². The van der Waals surface area contributed by atoms with Gasteiger partial charge in [-0.15, -0.1) is 0 Å². The molecule has 1 aliphatic rings. The van der Waals surface area contributed by atoms with Crippen LogP contribution in [-0.2, 0) is 0 Å². The molecule has 1 fully saturated rings. The third-order valence-corrected chi connectivity index (χ3v) is 6.83. The average molecular weight is 469 g/mol. The van der Waals surface area contributed by atoms with Crippen LogP contribution >= 0.6 is 0 Å². The lowest BCUT2D eigenvalue weighted by molar-refractivity contribution is 0.183. The number of ether oxygens (including phenoxy) is 1. The van der Waals surface area contributed by atoms with E-state index in [-0.39, 0.29) is 11.5 Å². The van der Waals surface area contributed by atoms with Gasteiger partial charge >= 0.3 is 0 Å². The summed E-state index contributed by atoms with van der Waals surface area (Å²) in [7, 11) is 2.00. The van der Waals surface area contributed by atoms with E-state index in [0.717, 1.165) is 45.6 Å². The molecule has 5 heteroatoms. The van der Waals surface area contributed by atoms with Crippen LogP contribution in [0, 0.1) is 0 Å². The average Bonchev–Trinajstić information content (AvgIpc) is 2.89. The van der Waals surface area contributed by atoms with Gasteiger partial charge in [0.05, 0.1) is 5.69 Å². The van der Waals surface area contributed by atoms with Gasteiger partial charge in [0.15, 0.2) is 0 Å². The lowest BCUT2D eigenvalue weighted by Gasteiger charge is -2.26. The first-order chi connectivity index (χ1) is 17.1. The van der Waals surface area contributed by atoms with E-state index in [4.69, 9.17) is 4.74 Å². The van der Waals surface area contributed by atoms with Crippen molar-refractivity contribution in [2.75, 3.05) is 38.2 Å². The van der Waals surface area contributed by atoms with Crippen LogP contribution in [-0.4, -0.2) is 48.4 Å². The van der Waals surface area contributed by atoms with Crippen LogP contribution in [0.25, 0.3) is 21.9 Å². The molecule has 180 valence electrons. The van der Waals surface area contributed by atoms with Crippen molar-refractivity contribution in [2.24, 2.45) is 0 Å². The summed E-state index contributed by atoms with van der Waals surface area (Å²) in [6, 6.07) is 25.1. The van der Waals surface area contributed by atoms with Gasteiger partial charge in [-0.25, -0.2) is 0 Å². The minimum atomic E-state index is 0.221. The van der Waals surface area contributed by atoms with Crippen LogP contribution in [0.1, 0.15) is 19.3 Å². The highest BCUT2D eigenvalue weighted by Gasteiger charge is 2.14. The number of phenols is 2. The molecule has 0 spiro atoms. The molecule has 0 atom stereocenters. The van der Waals surface area contributed by atoms with Gasteiger partial charge in [0.1, 0.15) is 23.9 Å². The monoisotopic (exact) mass is 468 g/mol. The van der Waals surface area contributed by atoms with Crippen molar-refractivity contribution in [3.63, 3.8) is 0 Å². The van der Waals surface area contributed by atoms with Crippen LogP contribution in [0.4, 0.5) is 11.4 Å². The number of hydrogen-bond donors (Lipinski definition) is 2. The second-order valence-corrected chi connectivity index (χ2v) is 9.25. The van der Waals surface area contributed by atoms with Crippen molar-refractivity contribution in [2.45, 2.75) is 19.3 Å². The van der Waals surface area contributed by atoms with Crippen molar-refractivity contribution >= 4 is 22.1 Å². The van der Waals surface area contributed by atoms with E-state index in [0.29, 0.717) is 6.61 Å². The van der Waals surface area contributed by atoms with E-state index in [1.54, 1.807) is 24.3 Å². The number of benzene rings is 4. The van der Waals surface area contributed by atoms with Crippen molar-refractivity contribution in [3.8, 4) is 28.4 Å². The fraction of sp³-hybridized carbons (Fsp3) is 0.267. The molecule has 4 aromatic carbocycles. The Balaban J connectivity index is 1.34. The molecule has 1 heterocycles. The van der Waals surface area contributed by atoms with Gasteiger partial charge in [0, 0.05) is 30.9 Å². The van der Waals surface area contributed by atoms with E-state index in [2.05, 4.69) is 15.9 Å². The minimum absolute atomic E-state index is 0.221. The van der Waals surface area contributed by atoms with Crippen molar-refractivity contribution in [1.29, 1.82) is 0 Å². The van der Waals surface area contributed by atoms with Crippen LogP contribution in [0.3, 0.4) is 0 Å². The summed E-state index contributed by atoms with van der Waals surface area (Å²) >= 11 is 0. The first-order valence-electron chi connectivity index (χ1n) is 12.3. The molecule has 5 rings (SSSR count). The number of hydrogen-bond acceptors (Lipinski definition) is 5. The lowest BCUT2D eigenvalue weighted by Crippen LogP contribution is -2.33. The smallest absolute Gasteiger partial charge is 0.119 e. The molecule has 0 aliphatic carbocycles. The number of nitrogens with zero attached hydrogens (tertiary/aromatic N) is 2. The number of piperidine rings is 1. The van der Waals surface area contributed by atoms with E-state index in [1.165, 1.54) is 32.4 Å². The molecule has 0 radical (unpaired) electrons. The zero-order valence-corrected chi connectivity index (χ0v) is 20.2. The van der Waals surface area contributed by atoms with Crippen LogP contribution in [0.2, 0.25) is 0 Å². The quantitative estimate of drug-likeness (QED) is 0.322. The Bertz CT molecular complexity index is 1300. The second-order valence-electron chi connectivity index (χ2n) is 9.25. The molecule has 0 amide bonds. The highest BCUT2D eigenvalue weighted by atomic mass is 16.5. The van der Waals surface area contributed by atoms with Gasteiger partial charge < -0.3 is 19.8 Å². The Hall–Kier alpha value is -3.70. The molecule has 0 unspecified atom stereocenters. The van der Waals surface area contributed by atoms with Crippen molar-refractivity contribution < 1.29 is 14.9 Å². The molecule has 4 aromatic rings. The fourth-order valence-corrected chi connectivity index (χ4v) is 4.82. The largest absolute Gasteiger partial charge is 0.508 e. The molecular weight excluding hydrogens is 436 g/mol. The Morgan fingerprint density at radius 2 is 1.46 bits per heavy atom. The third-order valence-electron chi connectivity index (χ3n) is 6.83. The highest BCUT2D eigenvalue weighted by Crippen LogP contribution is 2.38. The fourth-order valence-electron chi connectivity index (χ4n) is 4.82. The molecule has 35 heavy (non-hydrogen) atoms. The molecule has 0 bridgehead atoms. The SMILES string of the molecule is CN(c1ccc(OCCN2CCCCC2)cc1)c1cc(O)ccc1-c1ccc2cc(O)ccc2c1. The summed E-state index contributed by atoms with van der Waals surface area (Å²) in [5, 5.41) is 22.1. The molecule has 5 nitrogen and oxygen atoms in total. The minimum Gasteiger partial charge on any atom is -0.508 e. The standard InChI is InChI=1S/C30H32N2O3/c1-31(25-8-12-28(13-9-25)35-18-17-32-15-3-2-4-16-32)30-21-27(34)11-14-29(30)24-6-5-23-20-26(33)10-7-22(23)19-24/h5-14,19-21,33-34H,2-4,15-18H2,1H3. The second kappa shape index (κ2) is 10.3. The van der Waals surface area contributed by atoms with Crippen LogP contribution in [0.5, 0.6) is 17.2 Å². The van der Waals surface area contributed by atoms with E-state index >= 15 is 0 Å². The summed E-state index contributed by atoms with van der Waals surface area (Å²) in [6.45, 7) is 4.03.